The highest BCUT2D eigenvalue weighted by molar-refractivity contribution is 5.23. The fourth-order valence-corrected chi connectivity index (χ4v) is 3.45. The minimum atomic E-state index is -0.0729. The molecule has 1 aliphatic rings. The Morgan fingerprint density at radius 3 is 2.52 bits per heavy atom. The number of allylic oxidation sites excluding steroid dienone is 4. The Morgan fingerprint density at radius 1 is 1.29 bits per heavy atom. The summed E-state index contributed by atoms with van der Waals surface area (Å²) in [5.74, 6) is 0. The van der Waals surface area contributed by atoms with Gasteiger partial charge in [-0.15, -0.1) is 0 Å². The number of rotatable bonds is 8. The minimum Gasteiger partial charge on any atom is -0.356 e. The highest BCUT2D eigenvalue weighted by Crippen LogP contribution is 2.42. The van der Waals surface area contributed by atoms with E-state index in [1.54, 1.807) is 25.4 Å². The van der Waals surface area contributed by atoms with E-state index < -0.39 is 0 Å². The fraction of sp³-hybridized carbons (Fsp3) is 0.789. The highest BCUT2D eigenvalue weighted by Gasteiger charge is 2.27. The first kappa shape index (κ1) is 18.4. The Hall–Kier alpha value is -0.600. The second kappa shape index (κ2) is 8.75. The van der Waals surface area contributed by atoms with Crippen molar-refractivity contribution in [2.24, 2.45) is 5.41 Å². The Labute approximate surface area is 131 Å². The van der Waals surface area contributed by atoms with Crippen LogP contribution in [0.4, 0.5) is 0 Å². The van der Waals surface area contributed by atoms with E-state index in [9.17, 15) is 0 Å². The average molecular weight is 294 g/mol. The zero-order chi connectivity index (χ0) is 15.9. The van der Waals surface area contributed by atoms with E-state index >= 15 is 0 Å². The lowest BCUT2D eigenvalue weighted by atomic mass is 9.71. The molecule has 0 aromatic heterocycles. The van der Waals surface area contributed by atoms with E-state index in [-0.39, 0.29) is 6.29 Å². The van der Waals surface area contributed by atoms with Crippen LogP contribution in [0.15, 0.2) is 22.8 Å². The largest absolute Gasteiger partial charge is 0.356 e. The lowest BCUT2D eigenvalue weighted by molar-refractivity contribution is -0.105. The van der Waals surface area contributed by atoms with Crippen LogP contribution >= 0.6 is 0 Å². The SMILES string of the molecule is COC(CCC=C(C)CCC1=C(C)CCCC1(C)C)OC. The molecule has 0 bridgehead atoms. The van der Waals surface area contributed by atoms with Crippen LogP contribution in [0.25, 0.3) is 0 Å². The summed E-state index contributed by atoms with van der Waals surface area (Å²) in [5.41, 5.74) is 5.23. The molecule has 0 saturated carbocycles. The Bertz CT molecular complexity index is 373. The lowest BCUT2D eigenvalue weighted by Gasteiger charge is -2.35. The quantitative estimate of drug-likeness (QED) is 0.426. The van der Waals surface area contributed by atoms with E-state index in [4.69, 9.17) is 9.47 Å². The standard InChI is InChI=1S/C19H34O2/c1-15(9-7-11-18(20-5)21-6)12-13-17-16(2)10-8-14-19(17,3)4/h9,18H,7-8,10-14H2,1-6H3. The van der Waals surface area contributed by atoms with Gasteiger partial charge in [-0.1, -0.05) is 36.6 Å². The maximum absolute atomic E-state index is 5.22. The second-order valence-electron chi connectivity index (χ2n) is 7.03. The molecule has 0 atom stereocenters. The summed E-state index contributed by atoms with van der Waals surface area (Å²) in [4.78, 5) is 0. The Morgan fingerprint density at radius 2 is 1.95 bits per heavy atom. The maximum atomic E-state index is 5.22. The molecule has 122 valence electrons. The van der Waals surface area contributed by atoms with Crippen LogP contribution in [0.1, 0.15) is 72.6 Å². The van der Waals surface area contributed by atoms with Gasteiger partial charge >= 0.3 is 0 Å². The molecule has 0 spiro atoms. The third-order valence-electron chi connectivity index (χ3n) is 4.88. The molecule has 0 aromatic rings. The smallest absolute Gasteiger partial charge is 0.157 e. The first-order chi connectivity index (χ1) is 9.90. The first-order valence-corrected chi connectivity index (χ1v) is 8.31. The van der Waals surface area contributed by atoms with Gasteiger partial charge in [0.1, 0.15) is 0 Å². The van der Waals surface area contributed by atoms with Gasteiger partial charge in [-0.05, 0) is 57.8 Å². The summed E-state index contributed by atoms with van der Waals surface area (Å²) >= 11 is 0. The predicted octanol–water partition coefficient (Wildman–Crippen LogP) is 5.64. The van der Waals surface area contributed by atoms with Crippen LogP contribution in [0, 0.1) is 5.41 Å². The summed E-state index contributed by atoms with van der Waals surface area (Å²) in [6.45, 7) is 9.40. The van der Waals surface area contributed by atoms with Crippen LogP contribution in [0.2, 0.25) is 0 Å². The average Bonchev–Trinajstić information content (AvgIpc) is 2.42. The van der Waals surface area contributed by atoms with Gasteiger partial charge in [0.05, 0.1) is 0 Å². The van der Waals surface area contributed by atoms with Crippen molar-refractivity contribution in [3.63, 3.8) is 0 Å². The molecule has 21 heavy (non-hydrogen) atoms. The fourth-order valence-electron chi connectivity index (χ4n) is 3.45. The van der Waals surface area contributed by atoms with Crippen LogP contribution in [-0.4, -0.2) is 20.5 Å². The molecule has 1 rings (SSSR count). The topological polar surface area (TPSA) is 18.5 Å². The van der Waals surface area contributed by atoms with Crippen LogP contribution in [0.5, 0.6) is 0 Å². The predicted molar refractivity (Wildman–Crippen MR) is 90.4 cm³/mol. The maximum Gasteiger partial charge on any atom is 0.157 e. The van der Waals surface area contributed by atoms with Crippen molar-refractivity contribution < 1.29 is 9.47 Å². The summed E-state index contributed by atoms with van der Waals surface area (Å²) < 4.78 is 10.4. The number of hydrogen-bond donors (Lipinski definition) is 0. The molecule has 0 radical (unpaired) electrons. The van der Waals surface area contributed by atoms with Gasteiger partial charge in [0.25, 0.3) is 0 Å². The molecule has 0 saturated heterocycles. The molecule has 2 heteroatoms. The van der Waals surface area contributed by atoms with Gasteiger partial charge in [-0.2, -0.15) is 0 Å². The normalized spacial score (nSPS) is 19.5. The summed E-state index contributed by atoms with van der Waals surface area (Å²) in [7, 11) is 3.40. The van der Waals surface area contributed by atoms with Crippen molar-refractivity contribution >= 4 is 0 Å². The molecule has 0 fully saturated rings. The number of ether oxygens (including phenoxy) is 2. The van der Waals surface area contributed by atoms with Crippen molar-refractivity contribution in [1.29, 1.82) is 0 Å². The van der Waals surface area contributed by atoms with Gasteiger partial charge in [0.2, 0.25) is 0 Å². The Balaban J connectivity index is 2.46. The summed E-state index contributed by atoms with van der Waals surface area (Å²) in [5, 5.41) is 0. The number of methoxy groups -OCH3 is 2. The molecule has 1 aliphatic carbocycles. The monoisotopic (exact) mass is 294 g/mol. The van der Waals surface area contributed by atoms with Gasteiger partial charge in [0.15, 0.2) is 6.29 Å². The van der Waals surface area contributed by atoms with E-state index in [0.29, 0.717) is 5.41 Å². The molecule has 0 unspecified atom stereocenters. The van der Waals surface area contributed by atoms with Crippen molar-refractivity contribution in [3.05, 3.63) is 22.8 Å². The van der Waals surface area contributed by atoms with Crippen LogP contribution in [0.3, 0.4) is 0 Å². The van der Waals surface area contributed by atoms with E-state index in [2.05, 4.69) is 33.8 Å². The van der Waals surface area contributed by atoms with E-state index in [0.717, 1.165) is 12.8 Å². The van der Waals surface area contributed by atoms with E-state index in [1.165, 1.54) is 37.7 Å². The van der Waals surface area contributed by atoms with Crippen molar-refractivity contribution in [2.75, 3.05) is 14.2 Å². The zero-order valence-corrected chi connectivity index (χ0v) is 14.9. The molecule has 0 N–H and O–H groups in total. The van der Waals surface area contributed by atoms with Gasteiger partial charge in [-0.3, -0.25) is 0 Å². The molecule has 0 amide bonds. The number of hydrogen-bond acceptors (Lipinski definition) is 2. The third-order valence-corrected chi connectivity index (χ3v) is 4.88. The summed E-state index contributed by atoms with van der Waals surface area (Å²) in [6.07, 6.45) is 10.6. The van der Waals surface area contributed by atoms with Gasteiger partial charge in [-0.25, -0.2) is 0 Å². The van der Waals surface area contributed by atoms with Crippen molar-refractivity contribution in [2.45, 2.75) is 78.9 Å². The molecular weight excluding hydrogens is 260 g/mol. The third kappa shape index (κ3) is 5.96. The van der Waals surface area contributed by atoms with Crippen LogP contribution in [-0.2, 0) is 9.47 Å². The molecule has 2 nitrogen and oxygen atoms in total. The molecule has 0 aromatic carbocycles. The zero-order valence-electron chi connectivity index (χ0n) is 14.9. The van der Waals surface area contributed by atoms with Gasteiger partial charge < -0.3 is 9.47 Å². The van der Waals surface area contributed by atoms with Crippen LogP contribution < -0.4 is 0 Å². The lowest BCUT2D eigenvalue weighted by Crippen LogP contribution is -2.20. The molecular formula is C19H34O2. The second-order valence-corrected chi connectivity index (χ2v) is 7.03. The first-order valence-electron chi connectivity index (χ1n) is 8.31. The molecule has 0 heterocycles. The summed E-state index contributed by atoms with van der Waals surface area (Å²) in [6, 6.07) is 0. The molecule has 0 aliphatic heterocycles. The minimum absolute atomic E-state index is 0.0729. The highest BCUT2D eigenvalue weighted by atomic mass is 16.7. The van der Waals surface area contributed by atoms with Gasteiger partial charge in [0, 0.05) is 20.6 Å². The van der Waals surface area contributed by atoms with Crippen molar-refractivity contribution in [3.8, 4) is 0 Å². The van der Waals surface area contributed by atoms with Crippen molar-refractivity contribution in [1.82, 2.24) is 0 Å². The van der Waals surface area contributed by atoms with E-state index in [1.807, 2.05) is 0 Å². The Kier molecular flexibility index (Phi) is 7.69.